The Morgan fingerprint density at radius 1 is 0.879 bits per heavy atom. The second-order valence-electron chi connectivity index (χ2n) is 7.68. The standard InChI is InChI=1S/C17H16N2O.C5H13N.C4H11N.C2H6/c1-3-19-16(11-20)12(2)18-17(19)15-10-6-8-13-7-4-5-9-14(13)15;1-4-6(3)5-2;1-4-5(2)3;1-2/h4-11H,3H2,1-2H3;4-5H2,1-3H3;4H2,1-3H3;1-2H3. The van der Waals surface area contributed by atoms with Crippen molar-refractivity contribution >= 4 is 17.1 Å². The smallest absolute Gasteiger partial charge is 0.168 e. The Morgan fingerprint density at radius 2 is 1.42 bits per heavy atom. The molecule has 0 saturated carbocycles. The average Bonchev–Trinajstić information content (AvgIpc) is 3.19. The molecule has 0 spiro atoms. The van der Waals surface area contributed by atoms with Gasteiger partial charge in [0, 0.05) is 12.1 Å². The lowest BCUT2D eigenvalue weighted by Gasteiger charge is -2.09. The summed E-state index contributed by atoms with van der Waals surface area (Å²) in [6.45, 7) is 18.5. The van der Waals surface area contributed by atoms with Crippen LogP contribution in [0, 0.1) is 6.92 Å². The molecule has 0 unspecified atom stereocenters. The largest absolute Gasteiger partial charge is 0.322 e. The number of nitrogens with zero attached hydrogens (tertiary/aromatic N) is 4. The van der Waals surface area contributed by atoms with Gasteiger partial charge in [-0.05, 0) is 65.4 Å². The van der Waals surface area contributed by atoms with E-state index in [2.05, 4.69) is 81.0 Å². The fourth-order valence-corrected chi connectivity index (χ4v) is 2.90. The Bertz CT molecular complexity index is 922. The SMILES string of the molecule is CC.CCN(C)C.CCN(C)CC.CCn1c(-c2cccc3ccccc23)nc(C)c1C=O. The Balaban J connectivity index is 0.000000657. The molecule has 184 valence electrons. The first-order chi connectivity index (χ1) is 15.8. The van der Waals surface area contributed by atoms with Crippen LogP contribution in [0.3, 0.4) is 0 Å². The van der Waals surface area contributed by atoms with Crippen LogP contribution in [-0.4, -0.2) is 66.4 Å². The molecule has 0 fully saturated rings. The van der Waals surface area contributed by atoms with E-state index in [0.29, 0.717) is 5.69 Å². The number of hydrogen-bond donors (Lipinski definition) is 0. The van der Waals surface area contributed by atoms with E-state index in [-0.39, 0.29) is 0 Å². The molecule has 0 amide bonds. The normalized spacial score (nSPS) is 10.1. The van der Waals surface area contributed by atoms with Crippen molar-refractivity contribution in [1.29, 1.82) is 0 Å². The van der Waals surface area contributed by atoms with E-state index in [0.717, 1.165) is 54.9 Å². The third-order valence-electron chi connectivity index (χ3n) is 5.36. The fourth-order valence-electron chi connectivity index (χ4n) is 2.90. The molecule has 0 aliphatic rings. The molecule has 0 bridgehead atoms. The lowest BCUT2D eigenvalue weighted by molar-refractivity contribution is 0.111. The summed E-state index contributed by atoms with van der Waals surface area (Å²) in [5.74, 6) is 0.865. The van der Waals surface area contributed by atoms with Crippen LogP contribution in [0.5, 0.6) is 0 Å². The van der Waals surface area contributed by atoms with Gasteiger partial charge in [0.1, 0.15) is 11.5 Å². The van der Waals surface area contributed by atoms with E-state index in [1.165, 1.54) is 5.39 Å². The quantitative estimate of drug-likeness (QED) is 0.404. The van der Waals surface area contributed by atoms with Gasteiger partial charge < -0.3 is 14.4 Å². The topological polar surface area (TPSA) is 41.4 Å². The number of fused-ring (bicyclic) bond motifs is 1. The van der Waals surface area contributed by atoms with Crippen molar-refractivity contribution in [2.24, 2.45) is 0 Å². The van der Waals surface area contributed by atoms with Crippen LogP contribution >= 0.6 is 0 Å². The Hall–Kier alpha value is -2.50. The van der Waals surface area contributed by atoms with Crippen molar-refractivity contribution in [3.05, 3.63) is 53.9 Å². The van der Waals surface area contributed by atoms with Crippen LogP contribution in [0.15, 0.2) is 42.5 Å². The van der Waals surface area contributed by atoms with E-state index in [9.17, 15) is 4.79 Å². The number of aldehydes is 1. The summed E-state index contributed by atoms with van der Waals surface area (Å²) in [5, 5.41) is 2.34. The summed E-state index contributed by atoms with van der Waals surface area (Å²) in [6, 6.07) is 14.4. The van der Waals surface area contributed by atoms with Crippen LogP contribution in [0.2, 0.25) is 0 Å². The fraction of sp³-hybridized carbons (Fsp3) is 0.500. The second-order valence-corrected chi connectivity index (χ2v) is 7.68. The monoisotopic (exact) mass is 454 g/mol. The Labute approximate surface area is 202 Å². The number of rotatable bonds is 6. The minimum absolute atomic E-state index is 0.662. The van der Waals surface area contributed by atoms with Crippen LogP contribution in [0.1, 0.15) is 57.7 Å². The summed E-state index contributed by atoms with van der Waals surface area (Å²) in [4.78, 5) is 20.2. The highest BCUT2D eigenvalue weighted by Crippen LogP contribution is 2.29. The van der Waals surface area contributed by atoms with Crippen molar-refractivity contribution in [3.63, 3.8) is 0 Å². The molecule has 33 heavy (non-hydrogen) atoms. The zero-order valence-corrected chi connectivity index (χ0v) is 22.6. The molecule has 0 N–H and O–H groups in total. The van der Waals surface area contributed by atoms with Gasteiger partial charge in [-0.2, -0.15) is 0 Å². The maximum atomic E-state index is 11.3. The molecule has 5 heteroatoms. The van der Waals surface area contributed by atoms with E-state index in [1.54, 1.807) is 0 Å². The number of carbonyl (C=O) groups excluding carboxylic acids is 1. The Morgan fingerprint density at radius 3 is 1.88 bits per heavy atom. The van der Waals surface area contributed by atoms with Crippen LogP contribution in [0.4, 0.5) is 0 Å². The molecule has 0 radical (unpaired) electrons. The highest BCUT2D eigenvalue weighted by molar-refractivity contribution is 5.95. The summed E-state index contributed by atoms with van der Waals surface area (Å²) in [7, 11) is 6.22. The van der Waals surface area contributed by atoms with Gasteiger partial charge in [0.2, 0.25) is 0 Å². The van der Waals surface area contributed by atoms with Gasteiger partial charge in [-0.3, -0.25) is 4.79 Å². The number of carbonyl (C=O) groups is 1. The van der Waals surface area contributed by atoms with Crippen molar-refractivity contribution in [3.8, 4) is 11.4 Å². The predicted octanol–water partition coefficient (Wildman–Crippen LogP) is 6.40. The van der Waals surface area contributed by atoms with Crippen LogP contribution < -0.4 is 0 Å². The zero-order valence-electron chi connectivity index (χ0n) is 22.6. The molecule has 1 heterocycles. The highest BCUT2D eigenvalue weighted by Gasteiger charge is 2.15. The summed E-state index contributed by atoms with van der Waals surface area (Å²) < 4.78 is 1.98. The van der Waals surface area contributed by atoms with E-state index in [1.807, 2.05) is 50.5 Å². The van der Waals surface area contributed by atoms with Crippen LogP contribution in [-0.2, 0) is 6.54 Å². The Kier molecular flexibility index (Phi) is 15.7. The van der Waals surface area contributed by atoms with Gasteiger partial charge in [0.05, 0.1) is 5.69 Å². The first-order valence-electron chi connectivity index (χ1n) is 12.2. The minimum Gasteiger partial charge on any atom is -0.322 e. The van der Waals surface area contributed by atoms with Gasteiger partial charge in [0.25, 0.3) is 0 Å². The van der Waals surface area contributed by atoms with Crippen LogP contribution in [0.25, 0.3) is 22.2 Å². The molecular formula is C28H46N4O. The van der Waals surface area contributed by atoms with Gasteiger partial charge in [-0.25, -0.2) is 4.98 Å². The highest BCUT2D eigenvalue weighted by atomic mass is 16.1. The molecule has 0 aliphatic heterocycles. The molecule has 3 rings (SSSR count). The third kappa shape index (κ3) is 9.48. The van der Waals surface area contributed by atoms with E-state index in [4.69, 9.17) is 0 Å². The maximum Gasteiger partial charge on any atom is 0.168 e. The van der Waals surface area contributed by atoms with Crippen molar-refractivity contribution in [2.75, 3.05) is 40.8 Å². The van der Waals surface area contributed by atoms with Gasteiger partial charge in [-0.1, -0.05) is 77.1 Å². The maximum absolute atomic E-state index is 11.3. The zero-order chi connectivity index (χ0) is 25.4. The number of imidazole rings is 1. The van der Waals surface area contributed by atoms with Gasteiger partial charge >= 0.3 is 0 Å². The summed E-state index contributed by atoms with van der Waals surface area (Å²) in [5.41, 5.74) is 2.52. The average molecular weight is 455 g/mol. The van der Waals surface area contributed by atoms with E-state index >= 15 is 0 Å². The molecule has 2 aromatic carbocycles. The molecule has 5 nitrogen and oxygen atoms in total. The lowest BCUT2D eigenvalue weighted by Crippen LogP contribution is -2.15. The molecule has 3 aromatic rings. The van der Waals surface area contributed by atoms with Crippen molar-refractivity contribution in [2.45, 2.75) is 55.0 Å². The molecule has 0 saturated heterocycles. The minimum atomic E-state index is 0.662. The summed E-state index contributed by atoms with van der Waals surface area (Å²) >= 11 is 0. The number of benzene rings is 2. The molecule has 1 aromatic heterocycles. The first kappa shape index (κ1) is 30.5. The summed E-state index contributed by atoms with van der Waals surface area (Å²) in [6.07, 6.45) is 0.889. The molecule has 0 aliphatic carbocycles. The molecule has 0 atom stereocenters. The van der Waals surface area contributed by atoms with E-state index < -0.39 is 0 Å². The van der Waals surface area contributed by atoms with Crippen molar-refractivity contribution in [1.82, 2.24) is 19.4 Å². The van der Waals surface area contributed by atoms with Gasteiger partial charge in [-0.15, -0.1) is 0 Å². The molecular weight excluding hydrogens is 408 g/mol. The number of hydrogen-bond acceptors (Lipinski definition) is 4. The van der Waals surface area contributed by atoms with Crippen molar-refractivity contribution < 1.29 is 4.79 Å². The number of aromatic nitrogens is 2. The predicted molar refractivity (Wildman–Crippen MR) is 145 cm³/mol. The first-order valence-corrected chi connectivity index (χ1v) is 12.2. The third-order valence-corrected chi connectivity index (χ3v) is 5.36. The second kappa shape index (κ2) is 17.0. The number of aryl methyl sites for hydroxylation is 1. The lowest BCUT2D eigenvalue weighted by atomic mass is 10.0. The van der Waals surface area contributed by atoms with Gasteiger partial charge in [0.15, 0.2) is 6.29 Å².